The van der Waals surface area contributed by atoms with Gasteiger partial charge in [-0.25, -0.2) is 0 Å². The molecule has 1 heterocycles. The van der Waals surface area contributed by atoms with Crippen LogP contribution in [0.2, 0.25) is 0 Å². The molecule has 2 rings (SSSR count). The second-order valence-electron chi connectivity index (χ2n) is 3.20. The molecule has 1 aromatic heterocycles. The summed E-state index contributed by atoms with van der Waals surface area (Å²) in [5.41, 5.74) is 0. The lowest BCUT2D eigenvalue weighted by Crippen LogP contribution is -2.03. The Balaban J connectivity index is 1.85. The van der Waals surface area contributed by atoms with Gasteiger partial charge in [0.2, 0.25) is 0 Å². The zero-order valence-corrected chi connectivity index (χ0v) is 6.75. The minimum Gasteiger partial charge on any atom is -0.368 e. The van der Waals surface area contributed by atoms with Crippen molar-refractivity contribution in [3.8, 4) is 0 Å². The van der Waals surface area contributed by atoms with Crippen LogP contribution in [0.1, 0.15) is 12.8 Å². The summed E-state index contributed by atoms with van der Waals surface area (Å²) in [7, 11) is 1.93. The molecule has 3 heteroatoms. The fraction of sp³-hybridized carbons (Fsp3) is 0.625. The van der Waals surface area contributed by atoms with Crippen LogP contribution >= 0.6 is 0 Å². The van der Waals surface area contributed by atoms with Gasteiger partial charge in [0.25, 0.3) is 0 Å². The first kappa shape index (κ1) is 6.70. The molecule has 11 heavy (non-hydrogen) atoms. The molecule has 3 nitrogen and oxygen atoms in total. The molecule has 60 valence electrons. The Labute approximate surface area is 66.4 Å². The Morgan fingerprint density at radius 3 is 3.09 bits per heavy atom. The summed E-state index contributed by atoms with van der Waals surface area (Å²) >= 11 is 0. The number of nitrogens with one attached hydrogen (secondary N) is 1. The highest BCUT2D eigenvalue weighted by Gasteiger charge is 2.20. The molecular formula is C8H13N3. The maximum absolute atomic E-state index is 4.22. The molecule has 0 saturated heterocycles. The van der Waals surface area contributed by atoms with Crippen LogP contribution < -0.4 is 5.32 Å². The molecule has 1 N–H and O–H groups in total. The van der Waals surface area contributed by atoms with Gasteiger partial charge in [0.1, 0.15) is 5.82 Å². The van der Waals surface area contributed by atoms with Gasteiger partial charge in [-0.1, -0.05) is 0 Å². The van der Waals surface area contributed by atoms with Crippen LogP contribution in [-0.2, 0) is 7.05 Å². The summed E-state index contributed by atoms with van der Waals surface area (Å²) in [6.45, 7) is 1.09. The molecule has 1 aliphatic carbocycles. The highest BCUT2D eigenvalue weighted by molar-refractivity contribution is 5.32. The van der Waals surface area contributed by atoms with Crippen molar-refractivity contribution in [1.29, 1.82) is 0 Å². The molecular weight excluding hydrogens is 138 g/mol. The SMILES string of the molecule is Cn1ccc(NCC2CC2)n1. The fourth-order valence-electron chi connectivity index (χ4n) is 1.08. The van der Waals surface area contributed by atoms with Gasteiger partial charge >= 0.3 is 0 Å². The first-order chi connectivity index (χ1) is 5.34. The number of hydrogen-bond donors (Lipinski definition) is 1. The number of aryl methyl sites for hydroxylation is 1. The average molecular weight is 151 g/mol. The van der Waals surface area contributed by atoms with Gasteiger partial charge in [-0.05, 0) is 18.8 Å². The minimum atomic E-state index is 0.914. The van der Waals surface area contributed by atoms with Crippen molar-refractivity contribution >= 4 is 5.82 Å². The second kappa shape index (κ2) is 2.57. The van der Waals surface area contributed by atoms with E-state index in [1.54, 1.807) is 0 Å². The molecule has 1 fully saturated rings. The Morgan fingerprint density at radius 1 is 1.73 bits per heavy atom. The molecule has 0 atom stereocenters. The van der Waals surface area contributed by atoms with Gasteiger partial charge in [0.05, 0.1) is 0 Å². The van der Waals surface area contributed by atoms with Crippen molar-refractivity contribution in [1.82, 2.24) is 9.78 Å². The molecule has 0 bridgehead atoms. The van der Waals surface area contributed by atoms with Crippen molar-refractivity contribution in [3.63, 3.8) is 0 Å². The molecule has 0 aliphatic heterocycles. The molecule has 1 aromatic rings. The topological polar surface area (TPSA) is 29.9 Å². The Morgan fingerprint density at radius 2 is 2.55 bits per heavy atom. The van der Waals surface area contributed by atoms with Crippen molar-refractivity contribution < 1.29 is 0 Å². The van der Waals surface area contributed by atoms with Crippen LogP contribution in [0.5, 0.6) is 0 Å². The highest BCUT2D eigenvalue weighted by atomic mass is 15.3. The number of aromatic nitrogens is 2. The van der Waals surface area contributed by atoms with E-state index in [4.69, 9.17) is 0 Å². The van der Waals surface area contributed by atoms with Crippen LogP contribution in [0.3, 0.4) is 0 Å². The molecule has 1 aliphatic rings. The Hall–Kier alpha value is -0.990. The number of hydrogen-bond acceptors (Lipinski definition) is 2. The lowest BCUT2D eigenvalue weighted by Gasteiger charge is -1.98. The van der Waals surface area contributed by atoms with Crippen molar-refractivity contribution in [2.24, 2.45) is 13.0 Å². The summed E-state index contributed by atoms with van der Waals surface area (Å²) in [5.74, 6) is 1.91. The zero-order valence-electron chi connectivity index (χ0n) is 6.75. The van der Waals surface area contributed by atoms with E-state index in [9.17, 15) is 0 Å². The lowest BCUT2D eigenvalue weighted by molar-refractivity contribution is 0.764. The third-order valence-electron chi connectivity index (χ3n) is 1.98. The number of rotatable bonds is 3. The molecule has 1 saturated carbocycles. The van der Waals surface area contributed by atoms with Crippen LogP contribution in [0, 0.1) is 5.92 Å². The van der Waals surface area contributed by atoms with Crippen LogP contribution in [0.25, 0.3) is 0 Å². The summed E-state index contributed by atoms with van der Waals surface area (Å²) in [4.78, 5) is 0. The second-order valence-corrected chi connectivity index (χ2v) is 3.20. The first-order valence-corrected chi connectivity index (χ1v) is 4.08. The number of nitrogens with zero attached hydrogens (tertiary/aromatic N) is 2. The standard InChI is InChI=1S/C8H13N3/c1-11-5-4-8(10-11)9-6-7-2-3-7/h4-5,7H,2-3,6H2,1H3,(H,9,10). The quantitative estimate of drug-likeness (QED) is 0.704. The molecule has 0 spiro atoms. The monoisotopic (exact) mass is 151 g/mol. The lowest BCUT2D eigenvalue weighted by atomic mass is 10.4. The van der Waals surface area contributed by atoms with Crippen molar-refractivity contribution in [3.05, 3.63) is 12.3 Å². The summed E-state index contributed by atoms with van der Waals surface area (Å²) in [6, 6.07) is 2.00. The molecule has 0 unspecified atom stereocenters. The molecule has 0 radical (unpaired) electrons. The van der Waals surface area contributed by atoms with E-state index in [-0.39, 0.29) is 0 Å². The highest BCUT2D eigenvalue weighted by Crippen LogP contribution is 2.28. The summed E-state index contributed by atoms with van der Waals surface area (Å²) in [5, 5.41) is 7.51. The van der Waals surface area contributed by atoms with E-state index in [1.807, 2.05) is 24.0 Å². The van der Waals surface area contributed by atoms with Crippen molar-refractivity contribution in [2.45, 2.75) is 12.8 Å². The van der Waals surface area contributed by atoms with Gasteiger partial charge in [-0.15, -0.1) is 0 Å². The smallest absolute Gasteiger partial charge is 0.147 e. The zero-order chi connectivity index (χ0) is 7.68. The summed E-state index contributed by atoms with van der Waals surface area (Å²) in [6.07, 6.45) is 4.73. The third kappa shape index (κ3) is 1.73. The van der Waals surface area contributed by atoms with Gasteiger partial charge in [-0.3, -0.25) is 4.68 Å². The largest absolute Gasteiger partial charge is 0.368 e. The van der Waals surface area contributed by atoms with Crippen LogP contribution in [-0.4, -0.2) is 16.3 Å². The van der Waals surface area contributed by atoms with E-state index in [1.165, 1.54) is 12.8 Å². The normalized spacial score (nSPS) is 16.8. The van der Waals surface area contributed by atoms with Gasteiger partial charge < -0.3 is 5.32 Å². The average Bonchev–Trinajstić information content (AvgIpc) is 2.72. The van der Waals surface area contributed by atoms with Crippen molar-refractivity contribution in [2.75, 3.05) is 11.9 Å². The predicted molar refractivity (Wildman–Crippen MR) is 44.4 cm³/mol. The molecule has 0 amide bonds. The summed E-state index contributed by atoms with van der Waals surface area (Å²) < 4.78 is 1.81. The third-order valence-corrected chi connectivity index (χ3v) is 1.98. The van der Waals surface area contributed by atoms with E-state index in [0.717, 1.165) is 18.3 Å². The number of anilines is 1. The molecule has 0 aromatic carbocycles. The van der Waals surface area contributed by atoms with Gasteiger partial charge in [-0.2, -0.15) is 5.10 Å². The first-order valence-electron chi connectivity index (χ1n) is 4.08. The van der Waals surface area contributed by atoms with E-state index in [0.29, 0.717) is 0 Å². The fourth-order valence-corrected chi connectivity index (χ4v) is 1.08. The maximum Gasteiger partial charge on any atom is 0.147 e. The van der Waals surface area contributed by atoms with Crippen LogP contribution in [0.4, 0.5) is 5.82 Å². The van der Waals surface area contributed by atoms with E-state index < -0.39 is 0 Å². The van der Waals surface area contributed by atoms with Gasteiger partial charge in [0, 0.05) is 25.9 Å². The van der Waals surface area contributed by atoms with E-state index in [2.05, 4.69) is 10.4 Å². The predicted octanol–water partition coefficient (Wildman–Crippen LogP) is 1.24. The van der Waals surface area contributed by atoms with Gasteiger partial charge in [0.15, 0.2) is 0 Å². The maximum atomic E-state index is 4.22. The Kier molecular flexibility index (Phi) is 1.56. The van der Waals surface area contributed by atoms with E-state index >= 15 is 0 Å². The Bertz CT molecular complexity index is 237. The minimum absolute atomic E-state index is 0.914. The van der Waals surface area contributed by atoms with Crippen LogP contribution in [0.15, 0.2) is 12.3 Å².